The van der Waals surface area contributed by atoms with E-state index in [1.165, 1.54) is 17.7 Å². The molecule has 0 spiro atoms. The van der Waals surface area contributed by atoms with Crippen LogP contribution in [0.2, 0.25) is 0 Å². The number of hydrogen-bond donors (Lipinski definition) is 1. The molecule has 1 aliphatic rings. The van der Waals surface area contributed by atoms with Gasteiger partial charge in [-0.1, -0.05) is 37.3 Å². The van der Waals surface area contributed by atoms with Crippen LogP contribution < -0.4 is 5.32 Å². The minimum atomic E-state index is 0.627. The van der Waals surface area contributed by atoms with Crippen molar-refractivity contribution in [3.63, 3.8) is 0 Å². The molecule has 76 valence electrons. The first-order valence-electron chi connectivity index (χ1n) is 5.30. The number of nitrogens with one attached hydrogen (secondary N) is 1. The predicted molar refractivity (Wildman–Crippen MR) is 63.6 cm³/mol. The van der Waals surface area contributed by atoms with E-state index in [4.69, 9.17) is 0 Å². The minimum absolute atomic E-state index is 0.627. The van der Waals surface area contributed by atoms with E-state index in [0.717, 1.165) is 12.5 Å². The van der Waals surface area contributed by atoms with Crippen molar-refractivity contribution >= 4 is 11.8 Å². The summed E-state index contributed by atoms with van der Waals surface area (Å²) in [7, 11) is 0. The highest BCUT2D eigenvalue weighted by Crippen LogP contribution is 2.23. The molecule has 1 aromatic rings. The van der Waals surface area contributed by atoms with Crippen molar-refractivity contribution < 1.29 is 0 Å². The molecule has 0 aliphatic carbocycles. The van der Waals surface area contributed by atoms with Gasteiger partial charge in [-0.15, -0.1) is 11.8 Å². The monoisotopic (exact) mass is 207 g/mol. The second-order valence-corrected chi connectivity index (χ2v) is 5.02. The molecule has 0 bridgehead atoms. The maximum atomic E-state index is 3.65. The Labute approximate surface area is 90.3 Å². The molecule has 2 unspecified atom stereocenters. The van der Waals surface area contributed by atoms with Gasteiger partial charge in [0.25, 0.3) is 0 Å². The molecular formula is C12H17NS. The van der Waals surface area contributed by atoms with Crippen molar-refractivity contribution in [2.75, 3.05) is 5.75 Å². The molecule has 0 amide bonds. The lowest BCUT2D eigenvalue weighted by molar-refractivity contribution is 0.548. The van der Waals surface area contributed by atoms with Gasteiger partial charge in [-0.3, -0.25) is 0 Å². The van der Waals surface area contributed by atoms with Crippen LogP contribution in [0.1, 0.15) is 18.9 Å². The standard InChI is InChI=1S/C12H17NS/c1-2-11-9-14-12(13-11)8-10-6-4-3-5-7-10/h3-7,11-13H,2,8-9H2,1H3. The summed E-state index contributed by atoms with van der Waals surface area (Å²) in [4.78, 5) is 0. The quantitative estimate of drug-likeness (QED) is 0.818. The molecule has 2 heteroatoms. The summed E-state index contributed by atoms with van der Waals surface area (Å²) in [5.41, 5.74) is 1.44. The Morgan fingerprint density at radius 2 is 2.14 bits per heavy atom. The molecule has 1 saturated heterocycles. The zero-order valence-electron chi connectivity index (χ0n) is 8.57. The maximum absolute atomic E-state index is 3.65. The van der Waals surface area contributed by atoms with Crippen molar-refractivity contribution in [3.8, 4) is 0 Å². The molecule has 1 fully saturated rings. The third-order valence-corrected chi connectivity index (χ3v) is 3.98. The van der Waals surface area contributed by atoms with E-state index in [1.807, 2.05) is 0 Å². The molecule has 1 aliphatic heterocycles. The fourth-order valence-electron chi connectivity index (χ4n) is 1.77. The van der Waals surface area contributed by atoms with Gasteiger partial charge in [0.2, 0.25) is 0 Å². The van der Waals surface area contributed by atoms with Gasteiger partial charge in [0.1, 0.15) is 0 Å². The van der Waals surface area contributed by atoms with Crippen LogP contribution in [0, 0.1) is 0 Å². The van der Waals surface area contributed by atoms with Crippen LogP contribution in [0.25, 0.3) is 0 Å². The SMILES string of the molecule is CCC1CSC(Cc2ccccc2)N1. The van der Waals surface area contributed by atoms with Crippen LogP contribution in [-0.2, 0) is 6.42 Å². The normalized spacial score (nSPS) is 26.6. The second kappa shape index (κ2) is 4.85. The molecule has 2 atom stereocenters. The largest absolute Gasteiger partial charge is 0.301 e. The average Bonchev–Trinajstić information content (AvgIpc) is 2.67. The molecule has 14 heavy (non-hydrogen) atoms. The number of thioether (sulfide) groups is 1. The summed E-state index contributed by atoms with van der Waals surface area (Å²) in [6.07, 6.45) is 2.40. The van der Waals surface area contributed by atoms with Gasteiger partial charge in [-0.05, 0) is 18.4 Å². The highest BCUT2D eigenvalue weighted by molar-refractivity contribution is 8.00. The number of hydrogen-bond acceptors (Lipinski definition) is 2. The van der Waals surface area contributed by atoms with Crippen molar-refractivity contribution in [2.45, 2.75) is 31.2 Å². The van der Waals surface area contributed by atoms with E-state index in [-0.39, 0.29) is 0 Å². The van der Waals surface area contributed by atoms with Crippen molar-refractivity contribution in [1.82, 2.24) is 5.32 Å². The Hall–Kier alpha value is -0.470. The average molecular weight is 207 g/mol. The molecule has 0 radical (unpaired) electrons. The third-order valence-electron chi connectivity index (χ3n) is 2.68. The Kier molecular flexibility index (Phi) is 3.49. The lowest BCUT2D eigenvalue weighted by Gasteiger charge is -2.11. The van der Waals surface area contributed by atoms with Gasteiger partial charge < -0.3 is 5.32 Å². The first kappa shape index (κ1) is 10.1. The van der Waals surface area contributed by atoms with Crippen LogP contribution in [0.4, 0.5) is 0 Å². The first-order chi connectivity index (χ1) is 6.88. The van der Waals surface area contributed by atoms with Gasteiger partial charge in [0.05, 0.1) is 5.37 Å². The predicted octanol–water partition coefficient (Wildman–Crippen LogP) is 2.67. The Bertz CT molecular complexity index is 273. The summed E-state index contributed by atoms with van der Waals surface area (Å²) in [6.45, 7) is 2.25. The molecule has 1 heterocycles. The molecular weight excluding hydrogens is 190 g/mol. The zero-order valence-corrected chi connectivity index (χ0v) is 9.39. The molecule has 1 aromatic carbocycles. The fraction of sp³-hybridized carbons (Fsp3) is 0.500. The third kappa shape index (κ3) is 2.52. The van der Waals surface area contributed by atoms with Crippen LogP contribution in [0.15, 0.2) is 30.3 Å². The van der Waals surface area contributed by atoms with Crippen molar-refractivity contribution in [3.05, 3.63) is 35.9 Å². The van der Waals surface area contributed by atoms with Crippen molar-refractivity contribution in [1.29, 1.82) is 0 Å². The van der Waals surface area contributed by atoms with Gasteiger partial charge in [-0.2, -0.15) is 0 Å². The highest BCUT2D eigenvalue weighted by Gasteiger charge is 2.22. The summed E-state index contributed by atoms with van der Waals surface area (Å²) in [5, 5.41) is 4.28. The van der Waals surface area contributed by atoms with Gasteiger partial charge in [0.15, 0.2) is 0 Å². The Balaban J connectivity index is 1.88. The van der Waals surface area contributed by atoms with E-state index in [1.54, 1.807) is 0 Å². The lowest BCUT2D eigenvalue weighted by Crippen LogP contribution is -2.30. The lowest BCUT2D eigenvalue weighted by atomic mass is 10.1. The number of benzene rings is 1. The smallest absolute Gasteiger partial charge is 0.0575 e. The Morgan fingerprint density at radius 1 is 1.36 bits per heavy atom. The van der Waals surface area contributed by atoms with Crippen LogP contribution in [0.3, 0.4) is 0 Å². The number of rotatable bonds is 3. The zero-order chi connectivity index (χ0) is 9.80. The summed E-state index contributed by atoms with van der Waals surface area (Å²) < 4.78 is 0. The molecule has 0 saturated carbocycles. The van der Waals surface area contributed by atoms with Crippen LogP contribution in [0.5, 0.6) is 0 Å². The molecule has 2 rings (SSSR count). The highest BCUT2D eigenvalue weighted by atomic mass is 32.2. The van der Waals surface area contributed by atoms with Gasteiger partial charge in [-0.25, -0.2) is 0 Å². The van der Waals surface area contributed by atoms with Crippen LogP contribution in [-0.4, -0.2) is 17.2 Å². The van der Waals surface area contributed by atoms with Crippen LogP contribution >= 0.6 is 11.8 Å². The summed E-state index contributed by atoms with van der Waals surface area (Å²) >= 11 is 2.06. The topological polar surface area (TPSA) is 12.0 Å². The van der Waals surface area contributed by atoms with E-state index in [2.05, 4.69) is 54.3 Å². The van der Waals surface area contributed by atoms with E-state index < -0.39 is 0 Å². The van der Waals surface area contributed by atoms with E-state index >= 15 is 0 Å². The van der Waals surface area contributed by atoms with Gasteiger partial charge in [0, 0.05) is 11.8 Å². The van der Waals surface area contributed by atoms with E-state index in [0.29, 0.717) is 5.37 Å². The minimum Gasteiger partial charge on any atom is -0.301 e. The molecule has 1 nitrogen and oxygen atoms in total. The molecule has 0 aromatic heterocycles. The molecule has 1 N–H and O–H groups in total. The first-order valence-corrected chi connectivity index (χ1v) is 6.35. The second-order valence-electron chi connectivity index (χ2n) is 3.78. The van der Waals surface area contributed by atoms with Crippen molar-refractivity contribution in [2.24, 2.45) is 0 Å². The fourth-order valence-corrected chi connectivity index (χ4v) is 3.17. The Morgan fingerprint density at radius 3 is 2.79 bits per heavy atom. The summed E-state index contributed by atoms with van der Waals surface area (Å²) in [5.74, 6) is 1.27. The van der Waals surface area contributed by atoms with Gasteiger partial charge >= 0.3 is 0 Å². The summed E-state index contributed by atoms with van der Waals surface area (Å²) in [6, 6.07) is 11.5. The van der Waals surface area contributed by atoms with E-state index in [9.17, 15) is 0 Å². The maximum Gasteiger partial charge on any atom is 0.0575 e.